The van der Waals surface area contributed by atoms with Crippen LogP contribution < -0.4 is 10.6 Å². The molecule has 2 fully saturated rings. The predicted octanol–water partition coefficient (Wildman–Crippen LogP) is 0.367. The SMILES string of the molecule is CC(=O)N[C@H]1[C@@H]2OC[C@@H](O2)[C@@H](O)[C@@H]1O[C@H](C)C(=O)N[C@@H](C)C(=O)OC(C)OC(=O)N(C)CCCC(=O)OCc1ccccc1. The third-order valence-corrected chi connectivity index (χ3v) is 6.89. The summed E-state index contributed by atoms with van der Waals surface area (Å²) < 4.78 is 32.3. The number of benzene rings is 1. The second-order valence-corrected chi connectivity index (χ2v) is 10.6. The van der Waals surface area contributed by atoms with Gasteiger partial charge in [-0.15, -0.1) is 0 Å². The number of fused-ring (bicyclic) bond motifs is 2. The lowest BCUT2D eigenvalue weighted by atomic mass is 9.98. The van der Waals surface area contributed by atoms with Crippen molar-refractivity contribution in [2.75, 3.05) is 20.2 Å². The number of carbonyl (C=O) groups excluding carboxylic acids is 5. The second kappa shape index (κ2) is 16.3. The molecule has 44 heavy (non-hydrogen) atoms. The van der Waals surface area contributed by atoms with Gasteiger partial charge in [0.2, 0.25) is 18.1 Å². The first-order valence-electron chi connectivity index (χ1n) is 14.4. The summed E-state index contributed by atoms with van der Waals surface area (Å²) in [5.41, 5.74) is 0.871. The van der Waals surface area contributed by atoms with E-state index in [1.54, 1.807) is 0 Å². The van der Waals surface area contributed by atoms with Crippen molar-refractivity contribution in [3.05, 3.63) is 35.9 Å². The Bertz CT molecular complexity index is 1150. The van der Waals surface area contributed by atoms with Gasteiger partial charge >= 0.3 is 18.0 Å². The Hall–Kier alpha value is -3.79. The van der Waals surface area contributed by atoms with E-state index in [0.717, 1.165) is 5.56 Å². The molecule has 15 nitrogen and oxygen atoms in total. The average Bonchev–Trinajstić information content (AvgIpc) is 3.43. The van der Waals surface area contributed by atoms with Crippen molar-refractivity contribution in [3.8, 4) is 0 Å². The second-order valence-electron chi connectivity index (χ2n) is 10.6. The maximum atomic E-state index is 12.8. The van der Waals surface area contributed by atoms with Crippen LogP contribution in [0.1, 0.15) is 46.1 Å². The summed E-state index contributed by atoms with van der Waals surface area (Å²) in [7, 11) is 1.47. The van der Waals surface area contributed by atoms with E-state index in [4.69, 9.17) is 28.4 Å². The first-order valence-corrected chi connectivity index (χ1v) is 14.4. The van der Waals surface area contributed by atoms with Crippen molar-refractivity contribution in [1.29, 1.82) is 0 Å². The zero-order valence-corrected chi connectivity index (χ0v) is 25.4. The van der Waals surface area contributed by atoms with Crippen molar-refractivity contribution in [3.63, 3.8) is 0 Å². The molecular weight excluding hydrogens is 582 g/mol. The number of aliphatic hydroxyl groups excluding tert-OH is 1. The molecule has 1 aromatic rings. The van der Waals surface area contributed by atoms with Crippen LogP contribution in [0.5, 0.6) is 0 Å². The van der Waals surface area contributed by atoms with Crippen molar-refractivity contribution in [2.24, 2.45) is 0 Å². The molecule has 8 atom stereocenters. The number of carbonyl (C=O) groups is 5. The van der Waals surface area contributed by atoms with Crippen LogP contribution in [0, 0.1) is 0 Å². The van der Waals surface area contributed by atoms with Crippen LogP contribution in [0.3, 0.4) is 0 Å². The molecule has 2 bridgehead atoms. The zero-order valence-electron chi connectivity index (χ0n) is 25.4. The molecule has 0 spiro atoms. The molecule has 3 amide bonds. The molecule has 0 radical (unpaired) electrons. The van der Waals surface area contributed by atoms with Crippen LogP contribution >= 0.6 is 0 Å². The molecule has 1 unspecified atom stereocenters. The Morgan fingerprint density at radius 1 is 1.09 bits per heavy atom. The number of hydrogen-bond acceptors (Lipinski definition) is 12. The monoisotopic (exact) mass is 623 g/mol. The molecule has 2 aliphatic rings. The van der Waals surface area contributed by atoms with Gasteiger partial charge in [0, 0.05) is 33.9 Å². The standard InChI is InChI=1S/C29H41N3O12/c1-16(30-26(36)17(2)41-25-23(31-18(3)33)28-40-15-21(44-28)24(25)35)27(37)42-19(4)43-29(38)32(5)13-9-12-22(34)39-14-20-10-7-6-8-11-20/h6-8,10-11,16-17,19,21,23-25,28,35H,9,12-15H2,1-5H3,(H,30,36)(H,31,33)/t16-,17+,19?,21+,23+,24+,25+,28+/m0/s1. The van der Waals surface area contributed by atoms with Gasteiger partial charge in [-0.3, -0.25) is 14.4 Å². The minimum atomic E-state index is -1.27. The highest BCUT2D eigenvalue weighted by Gasteiger charge is 2.52. The van der Waals surface area contributed by atoms with Crippen LogP contribution in [-0.2, 0) is 54.2 Å². The molecule has 2 saturated heterocycles. The summed E-state index contributed by atoms with van der Waals surface area (Å²) in [5.74, 6) is -2.36. The van der Waals surface area contributed by atoms with Crippen LogP contribution in [0.15, 0.2) is 30.3 Å². The number of amides is 3. The zero-order chi connectivity index (χ0) is 32.4. The number of hydrogen-bond donors (Lipinski definition) is 3. The molecule has 0 aromatic heterocycles. The fraction of sp³-hybridized carbons (Fsp3) is 0.621. The normalized spacial score (nSPS) is 24.3. The van der Waals surface area contributed by atoms with Crippen LogP contribution in [-0.4, -0.2) is 109 Å². The van der Waals surface area contributed by atoms with Crippen molar-refractivity contribution in [2.45, 2.75) is 96.2 Å². The molecule has 2 heterocycles. The van der Waals surface area contributed by atoms with Gasteiger partial charge in [0.05, 0.1) is 6.61 Å². The smallest absolute Gasteiger partial charge is 0.412 e. The van der Waals surface area contributed by atoms with Crippen molar-refractivity contribution >= 4 is 29.8 Å². The first kappa shape index (κ1) is 34.7. The van der Waals surface area contributed by atoms with E-state index in [9.17, 15) is 29.1 Å². The molecule has 2 aliphatic heterocycles. The maximum Gasteiger partial charge on any atom is 0.412 e. The lowest BCUT2D eigenvalue weighted by Crippen LogP contribution is -2.62. The molecule has 3 rings (SSSR count). The summed E-state index contributed by atoms with van der Waals surface area (Å²) in [4.78, 5) is 62.5. The highest BCUT2D eigenvalue weighted by molar-refractivity contribution is 5.86. The van der Waals surface area contributed by atoms with Crippen LogP contribution in [0.4, 0.5) is 4.79 Å². The molecule has 3 N–H and O–H groups in total. The Balaban J connectivity index is 1.37. The third-order valence-electron chi connectivity index (χ3n) is 6.89. The molecule has 244 valence electrons. The molecule has 1 aromatic carbocycles. The Labute approximate surface area is 255 Å². The van der Waals surface area contributed by atoms with E-state index < -0.39 is 78.9 Å². The minimum Gasteiger partial charge on any atom is -0.461 e. The van der Waals surface area contributed by atoms with E-state index >= 15 is 0 Å². The summed E-state index contributed by atoms with van der Waals surface area (Å²) in [5, 5.41) is 15.7. The van der Waals surface area contributed by atoms with E-state index in [1.165, 1.54) is 39.6 Å². The summed E-state index contributed by atoms with van der Waals surface area (Å²) in [6, 6.07) is 7.26. The van der Waals surface area contributed by atoms with E-state index in [-0.39, 0.29) is 26.2 Å². The van der Waals surface area contributed by atoms with Gasteiger partial charge in [-0.2, -0.15) is 0 Å². The Kier molecular flexibility index (Phi) is 12.9. The van der Waals surface area contributed by atoms with Gasteiger partial charge in [0.15, 0.2) is 6.29 Å². The number of nitrogens with one attached hydrogen (secondary N) is 2. The van der Waals surface area contributed by atoms with E-state index in [2.05, 4.69) is 10.6 Å². The number of aliphatic hydroxyl groups is 1. The lowest BCUT2D eigenvalue weighted by molar-refractivity contribution is -0.210. The van der Waals surface area contributed by atoms with Gasteiger partial charge in [0.1, 0.15) is 43.1 Å². The summed E-state index contributed by atoms with van der Waals surface area (Å²) in [6.45, 7) is 5.90. The van der Waals surface area contributed by atoms with E-state index in [0.29, 0.717) is 6.42 Å². The summed E-state index contributed by atoms with van der Waals surface area (Å²) >= 11 is 0. The highest BCUT2D eigenvalue weighted by atomic mass is 16.7. The fourth-order valence-electron chi connectivity index (χ4n) is 4.51. The number of ether oxygens (including phenoxy) is 6. The fourth-order valence-corrected chi connectivity index (χ4v) is 4.51. The van der Waals surface area contributed by atoms with E-state index in [1.807, 2.05) is 30.3 Å². The van der Waals surface area contributed by atoms with Crippen LogP contribution in [0.25, 0.3) is 0 Å². The number of nitrogens with zero attached hydrogens (tertiary/aromatic N) is 1. The van der Waals surface area contributed by atoms with Gasteiger partial charge in [-0.05, 0) is 25.8 Å². The number of esters is 2. The quantitative estimate of drug-likeness (QED) is 0.191. The van der Waals surface area contributed by atoms with Gasteiger partial charge in [0.25, 0.3) is 0 Å². The van der Waals surface area contributed by atoms with Crippen molar-refractivity contribution < 1.29 is 57.5 Å². The topological polar surface area (TPSA) is 188 Å². The maximum absolute atomic E-state index is 12.8. The largest absolute Gasteiger partial charge is 0.461 e. The number of rotatable bonds is 14. The predicted molar refractivity (Wildman–Crippen MR) is 150 cm³/mol. The molecule has 15 heteroatoms. The van der Waals surface area contributed by atoms with Crippen molar-refractivity contribution in [1.82, 2.24) is 15.5 Å². The van der Waals surface area contributed by atoms with Gasteiger partial charge in [-0.1, -0.05) is 30.3 Å². The Morgan fingerprint density at radius 2 is 1.80 bits per heavy atom. The van der Waals surface area contributed by atoms with Gasteiger partial charge in [-0.25, -0.2) is 9.59 Å². The molecule has 0 saturated carbocycles. The molecule has 0 aliphatic carbocycles. The minimum absolute atomic E-state index is 0.102. The van der Waals surface area contributed by atoms with Crippen LogP contribution in [0.2, 0.25) is 0 Å². The highest BCUT2D eigenvalue weighted by Crippen LogP contribution is 2.30. The Morgan fingerprint density at radius 3 is 2.48 bits per heavy atom. The average molecular weight is 624 g/mol. The first-order chi connectivity index (χ1) is 20.8. The van der Waals surface area contributed by atoms with Gasteiger partial charge < -0.3 is 49.1 Å². The lowest BCUT2D eigenvalue weighted by Gasteiger charge is -2.39. The summed E-state index contributed by atoms with van der Waals surface area (Å²) in [6.07, 6.45) is -6.45. The molecular formula is C29H41N3O12. The third kappa shape index (κ3) is 10.1.